The maximum Gasteiger partial charge on any atom is 0.123 e. The quantitative estimate of drug-likeness (QED) is 0.837. The zero-order valence-corrected chi connectivity index (χ0v) is 12.2. The maximum atomic E-state index is 5.47. The van der Waals surface area contributed by atoms with Crippen LogP contribution in [-0.2, 0) is 6.42 Å². The molecule has 2 aromatic rings. The number of nitrogens with one attached hydrogen (secondary N) is 1. The van der Waals surface area contributed by atoms with Crippen LogP contribution < -0.4 is 10.1 Å². The highest BCUT2D eigenvalue weighted by Crippen LogP contribution is 2.27. The normalized spacial score (nSPS) is 12.1. The van der Waals surface area contributed by atoms with Crippen LogP contribution in [-0.4, -0.2) is 18.6 Å². The SMILES string of the molecule is CCNC(CCc1cccnc1)c1ccccc1OC. The topological polar surface area (TPSA) is 34.2 Å². The van der Waals surface area contributed by atoms with Crippen LogP contribution in [0, 0.1) is 0 Å². The molecule has 2 rings (SSSR count). The van der Waals surface area contributed by atoms with Gasteiger partial charge in [0.1, 0.15) is 5.75 Å². The van der Waals surface area contributed by atoms with Gasteiger partial charge in [0.25, 0.3) is 0 Å². The number of aromatic nitrogens is 1. The molecule has 1 atom stereocenters. The first kappa shape index (κ1) is 14.5. The van der Waals surface area contributed by atoms with Crippen molar-refractivity contribution < 1.29 is 4.74 Å². The Morgan fingerprint density at radius 1 is 1.20 bits per heavy atom. The molecular formula is C17H22N2O. The van der Waals surface area contributed by atoms with Crippen LogP contribution in [0.3, 0.4) is 0 Å². The minimum Gasteiger partial charge on any atom is -0.496 e. The van der Waals surface area contributed by atoms with E-state index in [-0.39, 0.29) is 0 Å². The van der Waals surface area contributed by atoms with E-state index in [2.05, 4.69) is 35.4 Å². The molecule has 0 aliphatic rings. The van der Waals surface area contributed by atoms with Gasteiger partial charge in [-0.3, -0.25) is 4.98 Å². The highest BCUT2D eigenvalue weighted by atomic mass is 16.5. The third-order valence-corrected chi connectivity index (χ3v) is 3.41. The van der Waals surface area contributed by atoms with Gasteiger partial charge in [0.05, 0.1) is 7.11 Å². The Bertz CT molecular complexity index is 513. The number of aryl methyl sites for hydroxylation is 1. The lowest BCUT2D eigenvalue weighted by atomic mass is 9.98. The average Bonchev–Trinajstić information content (AvgIpc) is 2.52. The van der Waals surface area contributed by atoms with Crippen LogP contribution in [0.5, 0.6) is 5.75 Å². The first-order valence-electron chi connectivity index (χ1n) is 7.10. The van der Waals surface area contributed by atoms with Crippen molar-refractivity contribution >= 4 is 0 Å². The standard InChI is InChI=1S/C17H22N2O/c1-3-19-16(11-10-14-7-6-12-18-13-14)15-8-4-5-9-17(15)20-2/h4-9,12-13,16,19H,3,10-11H2,1-2H3. The minimum absolute atomic E-state index is 0.302. The Kier molecular flexibility index (Phi) is 5.56. The van der Waals surface area contributed by atoms with E-state index in [0.29, 0.717) is 6.04 Å². The second-order valence-corrected chi connectivity index (χ2v) is 4.75. The number of hydrogen-bond donors (Lipinski definition) is 1. The molecule has 1 N–H and O–H groups in total. The molecule has 1 heterocycles. The van der Waals surface area contributed by atoms with Crippen LogP contribution in [0.15, 0.2) is 48.8 Å². The number of pyridine rings is 1. The van der Waals surface area contributed by atoms with E-state index in [1.165, 1.54) is 11.1 Å². The maximum absolute atomic E-state index is 5.47. The van der Waals surface area contributed by atoms with Gasteiger partial charge in [-0.1, -0.05) is 31.2 Å². The van der Waals surface area contributed by atoms with Crippen molar-refractivity contribution in [1.82, 2.24) is 10.3 Å². The monoisotopic (exact) mass is 270 g/mol. The van der Waals surface area contributed by atoms with Gasteiger partial charge in [-0.05, 0) is 37.1 Å². The van der Waals surface area contributed by atoms with Crippen molar-refractivity contribution in [3.63, 3.8) is 0 Å². The molecule has 1 aromatic heterocycles. The second kappa shape index (κ2) is 7.65. The lowest BCUT2D eigenvalue weighted by Gasteiger charge is -2.20. The first-order valence-corrected chi connectivity index (χ1v) is 7.10. The predicted molar refractivity (Wildman–Crippen MR) is 82.0 cm³/mol. The van der Waals surface area contributed by atoms with Crippen LogP contribution >= 0.6 is 0 Å². The third-order valence-electron chi connectivity index (χ3n) is 3.41. The molecular weight excluding hydrogens is 248 g/mol. The Morgan fingerprint density at radius 2 is 2.05 bits per heavy atom. The first-order chi connectivity index (χ1) is 9.85. The Morgan fingerprint density at radius 3 is 2.75 bits per heavy atom. The van der Waals surface area contributed by atoms with Crippen LogP contribution in [0.2, 0.25) is 0 Å². The number of ether oxygens (including phenoxy) is 1. The zero-order chi connectivity index (χ0) is 14.2. The third kappa shape index (κ3) is 3.81. The van der Waals surface area contributed by atoms with E-state index < -0.39 is 0 Å². The Balaban J connectivity index is 2.10. The summed E-state index contributed by atoms with van der Waals surface area (Å²) in [5.74, 6) is 0.949. The molecule has 0 spiro atoms. The molecule has 0 saturated heterocycles. The fourth-order valence-corrected chi connectivity index (χ4v) is 2.43. The summed E-state index contributed by atoms with van der Waals surface area (Å²) in [4.78, 5) is 4.17. The summed E-state index contributed by atoms with van der Waals surface area (Å²) < 4.78 is 5.47. The van der Waals surface area contributed by atoms with E-state index in [1.54, 1.807) is 7.11 Å². The number of rotatable bonds is 7. The lowest BCUT2D eigenvalue weighted by Crippen LogP contribution is -2.22. The summed E-state index contributed by atoms with van der Waals surface area (Å²) in [5.41, 5.74) is 2.49. The molecule has 20 heavy (non-hydrogen) atoms. The van der Waals surface area contributed by atoms with E-state index >= 15 is 0 Å². The summed E-state index contributed by atoms with van der Waals surface area (Å²) in [5, 5.41) is 3.54. The molecule has 3 heteroatoms. The van der Waals surface area contributed by atoms with Gasteiger partial charge in [-0.25, -0.2) is 0 Å². The smallest absolute Gasteiger partial charge is 0.123 e. The molecule has 0 saturated carbocycles. The van der Waals surface area contributed by atoms with Gasteiger partial charge < -0.3 is 10.1 Å². The van der Waals surface area contributed by atoms with E-state index in [1.807, 2.05) is 30.6 Å². The van der Waals surface area contributed by atoms with Crippen molar-refractivity contribution in [3.05, 3.63) is 59.9 Å². The number of para-hydroxylation sites is 1. The number of nitrogens with zero attached hydrogens (tertiary/aromatic N) is 1. The summed E-state index contributed by atoms with van der Waals surface area (Å²) >= 11 is 0. The molecule has 1 unspecified atom stereocenters. The molecule has 106 valence electrons. The average molecular weight is 270 g/mol. The van der Waals surface area contributed by atoms with E-state index in [9.17, 15) is 0 Å². The van der Waals surface area contributed by atoms with Gasteiger partial charge in [0.15, 0.2) is 0 Å². The lowest BCUT2D eigenvalue weighted by molar-refractivity contribution is 0.396. The molecule has 0 radical (unpaired) electrons. The molecule has 0 aliphatic carbocycles. The molecule has 0 bridgehead atoms. The van der Waals surface area contributed by atoms with Crippen molar-refractivity contribution in [3.8, 4) is 5.75 Å². The largest absolute Gasteiger partial charge is 0.496 e. The molecule has 0 aliphatic heterocycles. The van der Waals surface area contributed by atoms with Crippen LogP contribution in [0.25, 0.3) is 0 Å². The Labute approximate surface area is 121 Å². The number of methoxy groups -OCH3 is 1. The highest BCUT2D eigenvalue weighted by Gasteiger charge is 2.14. The van der Waals surface area contributed by atoms with Crippen molar-refractivity contribution in [2.45, 2.75) is 25.8 Å². The summed E-state index contributed by atoms with van der Waals surface area (Å²) in [7, 11) is 1.73. The van der Waals surface area contributed by atoms with Crippen LogP contribution in [0.4, 0.5) is 0 Å². The van der Waals surface area contributed by atoms with Gasteiger partial charge in [0, 0.05) is 24.0 Å². The van der Waals surface area contributed by atoms with Gasteiger partial charge in [-0.2, -0.15) is 0 Å². The molecule has 1 aromatic carbocycles. The zero-order valence-electron chi connectivity index (χ0n) is 12.2. The summed E-state index contributed by atoms with van der Waals surface area (Å²) in [6.45, 7) is 3.07. The van der Waals surface area contributed by atoms with Crippen molar-refractivity contribution in [2.75, 3.05) is 13.7 Å². The highest BCUT2D eigenvalue weighted by molar-refractivity contribution is 5.36. The Hall–Kier alpha value is -1.87. The van der Waals surface area contributed by atoms with Gasteiger partial charge in [-0.15, -0.1) is 0 Å². The summed E-state index contributed by atoms with van der Waals surface area (Å²) in [6.07, 6.45) is 5.78. The van der Waals surface area contributed by atoms with Crippen LogP contribution in [0.1, 0.15) is 30.5 Å². The minimum atomic E-state index is 0.302. The van der Waals surface area contributed by atoms with E-state index in [4.69, 9.17) is 4.74 Å². The van der Waals surface area contributed by atoms with Gasteiger partial charge in [0.2, 0.25) is 0 Å². The number of hydrogen-bond acceptors (Lipinski definition) is 3. The van der Waals surface area contributed by atoms with Crippen molar-refractivity contribution in [1.29, 1.82) is 0 Å². The molecule has 0 fully saturated rings. The fraction of sp³-hybridized carbons (Fsp3) is 0.353. The summed E-state index contributed by atoms with van der Waals surface area (Å²) in [6, 6.07) is 12.6. The van der Waals surface area contributed by atoms with Gasteiger partial charge >= 0.3 is 0 Å². The predicted octanol–water partition coefficient (Wildman–Crippen LogP) is 3.37. The fourth-order valence-electron chi connectivity index (χ4n) is 2.43. The van der Waals surface area contributed by atoms with Crippen molar-refractivity contribution in [2.24, 2.45) is 0 Å². The molecule has 3 nitrogen and oxygen atoms in total. The number of benzene rings is 1. The molecule has 0 amide bonds. The van der Waals surface area contributed by atoms with E-state index in [0.717, 1.165) is 25.1 Å². The second-order valence-electron chi connectivity index (χ2n) is 4.75.